The van der Waals surface area contributed by atoms with E-state index in [1.165, 1.54) is 24.3 Å². The normalized spacial score (nSPS) is 12.0. The molecule has 2 aromatic heterocycles. The highest BCUT2D eigenvalue weighted by Gasteiger charge is 2.32. The van der Waals surface area contributed by atoms with Gasteiger partial charge in [0, 0.05) is 55.9 Å². The third-order valence-electron chi connectivity index (χ3n) is 8.42. The largest absolute Gasteiger partial charge is 0.573 e. The predicted molar refractivity (Wildman–Crippen MR) is 184 cm³/mol. The third-order valence-corrected chi connectivity index (χ3v) is 8.42. The number of alkyl halides is 6. The van der Waals surface area contributed by atoms with Gasteiger partial charge >= 0.3 is 12.7 Å². The van der Waals surface area contributed by atoms with E-state index in [1.54, 1.807) is 19.1 Å². The lowest BCUT2D eigenvalue weighted by molar-refractivity contribution is -0.275. The Hall–Kier alpha value is -6.44. The average Bonchev–Trinajstić information content (AvgIpc) is 3.59. The summed E-state index contributed by atoms with van der Waals surface area (Å²) in [6.45, 7) is 3.68. The summed E-state index contributed by atoms with van der Waals surface area (Å²) in [5.74, 6) is -3.74. The van der Waals surface area contributed by atoms with E-state index in [1.807, 2.05) is 37.3 Å². The predicted octanol–water partition coefficient (Wildman–Crippen LogP) is 12.6. The lowest BCUT2D eigenvalue weighted by Crippen LogP contribution is -2.17. The molecule has 0 unspecified atom stereocenters. The highest BCUT2D eigenvalue weighted by Crippen LogP contribution is 2.42. The van der Waals surface area contributed by atoms with E-state index in [0.29, 0.717) is 33.8 Å². The number of ether oxygens (including phenoxy) is 2. The summed E-state index contributed by atoms with van der Waals surface area (Å²) in [7, 11) is 0. The molecule has 2 heterocycles. The molecule has 6 nitrogen and oxygen atoms in total. The Kier molecular flexibility index (Phi) is 8.79. The van der Waals surface area contributed by atoms with Crippen LogP contribution in [-0.2, 0) is 0 Å². The first-order valence-electron chi connectivity index (χ1n) is 15.9. The number of fused-ring (bicyclic) bond motifs is 6. The smallest absolute Gasteiger partial charge is 0.507 e. The summed E-state index contributed by atoms with van der Waals surface area (Å²) >= 11 is 0. The molecule has 0 radical (unpaired) electrons. The number of hydrogen-bond acceptors (Lipinski definition) is 6. The zero-order chi connectivity index (χ0) is 38.7. The molecule has 14 heteroatoms. The number of hydrogen-bond donors (Lipinski definition) is 2. The average molecular weight is 753 g/mol. The Morgan fingerprint density at radius 1 is 0.444 bits per heavy atom. The monoisotopic (exact) mass is 752 g/mol. The standard InChI is InChI=1S/C20H13F5O3.C20H11F3O3/c1-10-2-4-12(16(21)6-10)14-8-19(27)15(9-18(14)26)13-5-3-11(7-17(13)22)28-20(23,24)25;1-10-2-4-12-14-8-19-15(9-18(14)24-16(12)6-10)13-5-3-11(7-17(13)25-19)26-20(21,22)23/h2-9,26-27H,1H3;2-9H,1H3. The van der Waals surface area contributed by atoms with Gasteiger partial charge in [0.05, 0.1) is 0 Å². The maximum absolute atomic E-state index is 14.3. The fourth-order valence-corrected chi connectivity index (χ4v) is 6.09. The number of aryl methyl sites for hydroxylation is 2. The Bertz CT molecular complexity index is 2730. The Morgan fingerprint density at radius 3 is 1.37 bits per heavy atom. The van der Waals surface area contributed by atoms with Gasteiger partial charge < -0.3 is 28.5 Å². The summed E-state index contributed by atoms with van der Waals surface area (Å²) in [6.07, 6.45) is -9.72. The number of furan rings is 2. The summed E-state index contributed by atoms with van der Waals surface area (Å²) in [4.78, 5) is 0. The second kappa shape index (κ2) is 13.2. The third kappa shape index (κ3) is 7.27. The van der Waals surface area contributed by atoms with Gasteiger partial charge in [-0.2, -0.15) is 0 Å². The van der Waals surface area contributed by atoms with E-state index < -0.39 is 41.6 Å². The van der Waals surface area contributed by atoms with Crippen LogP contribution in [0, 0.1) is 25.5 Å². The van der Waals surface area contributed by atoms with Gasteiger partial charge in [-0.25, -0.2) is 8.78 Å². The van der Waals surface area contributed by atoms with Crippen LogP contribution in [0.3, 0.4) is 0 Å². The SMILES string of the molecule is Cc1ccc(-c2cc(O)c(-c3ccc(OC(F)(F)F)cc3F)cc2O)c(F)c1.Cc1ccc2c(c1)oc1cc3c(cc12)oc1cc(OC(F)(F)F)ccc13. The molecule has 0 amide bonds. The first kappa shape index (κ1) is 35.9. The van der Waals surface area contributed by atoms with E-state index >= 15 is 0 Å². The van der Waals surface area contributed by atoms with Crippen LogP contribution in [0.4, 0.5) is 35.1 Å². The van der Waals surface area contributed by atoms with Gasteiger partial charge in [-0.15, -0.1) is 26.3 Å². The topological polar surface area (TPSA) is 85.2 Å². The second-order valence-corrected chi connectivity index (χ2v) is 12.3. The first-order chi connectivity index (χ1) is 25.4. The molecule has 0 atom stereocenters. The van der Waals surface area contributed by atoms with Crippen LogP contribution in [0.2, 0.25) is 0 Å². The van der Waals surface area contributed by atoms with Crippen molar-refractivity contribution in [3.8, 4) is 45.3 Å². The molecule has 0 aliphatic heterocycles. The Balaban J connectivity index is 0.000000167. The molecule has 8 aromatic rings. The minimum Gasteiger partial charge on any atom is -0.507 e. The maximum atomic E-state index is 14.3. The molecular weight excluding hydrogens is 728 g/mol. The summed E-state index contributed by atoms with van der Waals surface area (Å²) in [5, 5.41) is 23.8. The van der Waals surface area contributed by atoms with Gasteiger partial charge in [-0.05, 0) is 85.6 Å². The molecular formula is C40H24F8O6. The van der Waals surface area contributed by atoms with Crippen molar-refractivity contribution in [2.24, 2.45) is 0 Å². The minimum atomic E-state index is -4.98. The van der Waals surface area contributed by atoms with Crippen molar-refractivity contribution in [1.82, 2.24) is 0 Å². The lowest BCUT2D eigenvalue weighted by Gasteiger charge is -2.13. The van der Waals surface area contributed by atoms with E-state index in [0.717, 1.165) is 51.6 Å². The van der Waals surface area contributed by atoms with Gasteiger partial charge in [0.15, 0.2) is 0 Å². The summed E-state index contributed by atoms with van der Waals surface area (Å²) < 4.78 is 122. The van der Waals surface area contributed by atoms with Crippen LogP contribution in [0.25, 0.3) is 66.1 Å². The van der Waals surface area contributed by atoms with Crippen molar-refractivity contribution in [3.05, 3.63) is 120 Å². The molecule has 2 N–H and O–H groups in total. The van der Waals surface area contributed by atoms with Crippen molar-refractivity contribution >= 4 is 43.9 Å². The van der Waals surface area contributed by atoms with Crippen LogP contribution in [0.15, 0.2) is 106 Å². The van der Waals surface area contributed by atoms with Gasteiger partial charge in [-0.3, -0.25) is 0 Å². The van der Waals surface area contributed by atoms with Crippen LogP contribution in [-0.4, -0.2) is 22.9 Å². The highest BCUT2D eigenvalue weighted by atomic mass is 19.4. The van der Waals surface area contributed by atoms with Crippen LogP contribution < -0.4 is 9.47 Å². The highest BCUT2D eigenvalue weighted by molar-refractivity contribution is 6.14. The quantitative estimate of drug-likeness (QED) is 0.138. The van der Waals surface area contributed by atoms with Crippen LogP contribution in [0.5, 0.6) is 23.0 Å². The molecule has 6 aromatic carbocycles. The van der Waals surface area contributed by atoms with Crippen molar-refractivity contribution < 1.29 is 63.6 Å². The molecule has 54 heavy (non-hydrogen) atoms. The summed E-state index contributed by atoms with van der Waals surface area (Å²) in [5.41, 5.74) is 3.73. The molecule has 0 aliphatic carbocycles. The zero-order valence-electron chi connectivity index (χ0n) is 27.8. The van der Waals surface area contributed by atoms with Gasteiger partial charge in [0.25, 0.3) is 0 Å². The number of halogens is 8. The van der Waals surface area contributed by atoms with Crippen LogP contribution >= 0.6 is 0 Å². The van der Waals surface area contributed by atoms with Crippen molar-refractivity contribution in [3.63, 3.8) is 0 Å². The lowest BCUT2D eigenvalue weighted by atomic mass is 9.97. The van der Waals surface area contributed by atoms with Crippen LogP contribution in [0.1, 0.15) is 11.1 Å². The van der Waals surface area contributed by atoms with E-state index in [4.69, 9.17) is 8.83 Å². The fourth-order valence-electron chi connectivity index (χ4n) is 6.09. The molecule has 0 aliphatic rings. The van der Waals surface area contributed by atoms with Crippen molar-refractivity contribution in [2.45, 2.75) is 26.6 Å². The molecule has 0 saturated heterocycles. The number of benzene rings is 6. The summed E-state index contributed by atoms with van der Waals surface area (Å²) in [6, 6.07) is 22.4. The molecule has 0 spiro atoms. The van der Waals surface area contributed by atoms with Crippen molar-refractivity contribution in [1.29, 1.82) is 0 Å². The minimum absolute atomic E-state index is 0.0174. The fraction of sp³-hybridized carbons (Fsp3) is 0.100. The molecule has 0 saturated carbocycles. The zero-order valence-corrected chi connectivity index (χ0v) is 27.8. The van der Waals surface area contributed by atoms with Gasteiger partial charge in [0.2, 0.25) is 0 Å². The molecule has 8 rings (SSSR count). The molecule has 276 valence electrons. The number of rotatable bonds is 4. The second-order valence-electron chi connectivity index (χ2n) is 12.3. The van der Waals surface area contributed by atoms with E-state index in [9.17, 15) is 45.3 Å². The van der Waals surface area contributed by atoms with Gasteiger partial charge in [-0.1, -0.05) is 24.3 Å². The number of aromatic hydroxyl groups is 2. The van der Waals surface area contributed by atoms with Crippen molar-refractivity contribution in [2.75, 3.05) is 0 Å². The van der Waals surface area contributed by atoms with E-state index in [2.05, 4.69) is 9.47 Å². The van der Waals surface area contributed by atoms with Gasteiger partial charge in [0.1, 0.15) is 57.0 Å². The number of phenols is 2. The molecule has 0 bridgehead atoms. The van der Waals surface area contributed by atoms with E-state index in [-0.39, 0.29) is 28.0 Å². The maximum Gasteiger partial charge on any atom is 0.573 e. The first-order valence-corrected chi connectivity index (χ1v) is 15.9. The Morgan fingerprint density at radius 2 is 0.852 bits per heavy atom. The number of phenolic OH excluding ortho intramolecular Hbond substituents is 2. The molecule has 0 fully saturated rings. The Labute approximate surface area is 299 Å².